The molecule has 0 atom stereocenters. The summed E-state index contributed by atoms with van der Waals surface area (Å²) in [5.74, 6) is -0.956. The van der Waals surface area contributed by atoms with Crippen LogP contribution in [-0.2, 0) is 0 Å². The molecule has 0 aliphatic heterocycles. The van der Waals surface area contributed by atoms with Crippen LogP contribution in [0.15, 0.2) is 22.7 Å². The van der Waals surface area contributed by atoms with Crippen molar-refractivity contribution in [2.24, 2.45) is 0 Å². The van der Waals surface area contributed by atoms with Gasteiger partial charge in [0.05, 0.1) is 24.3 Å². The van der Waals surface area contributed by atoms with Gasteiger partial charge in [0, 0.05) is 4.47 Å². The van der Waals surface area contributed by atoms with Crippen LogP contribution in [0.25, 0.3) is 0 Å². The molecule has 1 aromatic rings. The summed E-state index contributed by atoms with van der Waals surface area (Å²) in [6.45, 7) is 0.713. The minimum atomic E-state index is -1.11. The summed E-state index contributed by atoms with van der Waals surface area (Å²) < 4.78 is 13.2. The van der Waals surface area contributed by atoms with Gasteiger partial charge in [0.25, 0.3) is 5.91 Å². The molecule has 0 fully saturated rings. The number of benzene rings is 1. The Balaban J connectivity index is 2.90. The molecule has 1 rings (SSSR count). The molecule has 94 valence electrons. The topological polar surface area (TPSA) is 69.6 Å². The molecule has 0 unspecified atom stereocenters. The Labute approximate surface area is 107 Å². The summed E-state index contributed by atoms with van der Waals surface area (Å²) in [7, 11) is 0. The molecule has 3 N–H and O–H groups in total. The van der Waals surface area contributed by atoms with E-state index in [4.69, 9.17) is 10.2 Å². The zero-order valence-corrected chi connectivity index (χ0v) is 10.8. The van der Waals surface area contributed by atoms with Gasteiger partial charge in [0.1, 0.15) is 5.82 Å². The van der Waals surface area contributed by atoms with Crippen LogP contribution in [0.2, 0.25) is 0 Å². The van der Waals surface area contributed by atoms with E-state index in [-0.39, 0.29) is 5.56 Å². The van der Waals surface area contributed by atoms with Gasteiger partial charge >= 0.3 is 0 Å². The van der Waals surface area contributed by atoms with E-state index in [0.29, 0.717) is 4.47 Å². The minimum Gasteiger partial charge on any atom is -0.394 e. The highest BCUT2D eigenvalue weighted by Gasteiger charge is 2.25. The number of aliphatic hydroxyl groups excluding tert-OH is 2. The van der Waals surface area contributed by atoms with Gasteiger partial charge in [-0.1, -0.05) is 0 Å². The van der Waals surface area contributed by atoms with Crippen molar-refractivity contribution in [1.29, 1.82) is 0 Å². The molecular formula is C11H13BrFNO3. The van der Waals surface area contributed by atoms with Crippen molar-refractivity contribution in [2.75, 3.05) is 13.2 Å². The standard InChI is InChI=1S/C11H13BrFNO3/c1-11(5-15,6-16)14-10(17)8-3-2-7(13)4-9(8)12/h2-4,15-16H,5-6H2,1H3,(H,14,17). The summed E-state index contributed by atoms with van der Waals surface area (Å²) in [4.78, 5) is 11.8. The van der Waals surface area contributed by atoms with E-state index in [1.165, 1.54) is 19.1 Å². The first-order valence-corrected chi connectivity index (χ1v) is 5.70. The van der Waals surface area contributed by atoms with Crippen LogP contribution in [0.4, 0.5) is 4.39 Å². The lowest BCUT2D eigenvalue weighted by Crippen LogP contribution is -2.51. The lowest BCUT2D eigenvalue weighted by molar-refractivity contribution is 0.0723. The molecule has 6 heteroatoms. The van der Waals surface area contributed by atoms with E-state index >= 15 is 0 Å². The van der Waals surface area contributed by atoms with Crippen molar-refractivity contribution < 1.29 is 19.4 Å². The third kappa shape index (κ3) is 3.49. The molecule has 17 heavy (non-hydrogen) atoms. The zero-order chi connectivity index (χ0) is 13.1. The monoisotopic (exact) mass is 305 g/mol. The second-order valence-electron chi connectivity index (χ2n) is 3.96. The molecule has 0 bridgehead atoms. The number of carbonyl (C=O) groups excluding carboxylic acids is 1. The first-order valence-electron chi connectivity index (χ1n) is 4.91. The predicted molar refractivity (Wildman–Crippen MR) is 64.1 cm³/mol. The van der Waals surface area contributed by atoms with E-state index in [1.807, 2.05) is 0 Å². The van der Waals surface area contributed by atoms with Crippen LogP contribution in [0.1, 0.15) is 17.3 Å². The SMILES string of the molecule is CC(CO)(CO)NC(=O)c1ccc(F)cc1Br. The van der Waals surface area contributed by atoms with Gasteiger partial charge < -0.3 is 15.5 Å². The van der Waals surface area contributed by atoms with Crippen LogP contribution in [0.3, 0.4) is 0 Å². The maximum atomic E-state index is 12.8. The first kappa shape index (κ1) is 14.1. The third-order valence-electron chi connectivity index (χ3n) is 2.29. The highest BCUT2D eigenvalue weighted by atomic mass is 79.9. The summed E-state index contributed by atoms with van der Waals surface area (Å²) in [6.07, 6.45) is 0. The van der Waals surface area contributed by atoms with Crippen molar-refractivity contribution in [3.8, 4) is 0 Å². The molecule has 0 spiro atoms. The van der Waals surface area contributed by atoms with Gasteiger partial charge in [-0.05, 0) is 41.1 Å². The Bertz CT molecular complexity index is 421. The van der Waals surface area contributed by atoms with Gasteiger partial charge in [-0.3, -0.25) is 4.79 Å². The molecule has 0 aromatic heterocycles. The predicted octanol–water partition coefficient (Wildman–Crippen LogP) is 1.06. The number of carbonyl (C=O) groups is 1. The highest BCUT2D eigenvalue weighted by molar-refractivity contribution is 9.10. The van der Waals surface area contributed by atoms with Crippen LogP contribution in [0.5, 0.6) is 0 Å². The maximum Gasteiger partial charge on any atom is 0.253 e. The summed E-state index contributed by atoms with van der Waals surface area (Å²) in [6, 6.07) is 3.66. The van der Waals surface area contributed by atoms with Gasteiger partial charge in [-0.15, -0.1) is 0 Å². The average molecular weight is 306 g/mol. The lowest BCUT2D eigenvalue weighted by Gasteiger charge is -2.26. The number of amides is 1. The van der Waals surface area contributed by atoms with E-state index < -0.39 is 30.5 Å². The number of halogens is 2. The van der Waals surface area contributed by atoms with Gasteiger partial charge in [-0.25, -0.2) is 4.39 Å². The molecule has 0 aliphatic rings. The van der Waals surface area contributed by atoms with Crippen molar-refractivity contribution >= 4 is 21.8 Å². The highest BCUT2D eigenvalue weighted by Crippen LogP contribution is 2.18. The molecule has 0 heterocycles. The average Bonchev–Trinajstić information content (AvgIpc) is 2.28. The number of hydrogen-bond acceptors (Lipinski definition) is 3. The van der Waals surface area contributed by atoms with Crippen molar-refractivity contribution in [2.45, 2.75) is 12.5 Å². The van der Waals surface area contributed by atoms with Crippen molar-refractivity contribution in [1.82, 2.24) is 5.32 Å². The third-order valence-corrected chi connectivity index (χ3v) is 2.95. The molecule has 4 nitrogen and oxygen atoms in total. The molecular weight excluding hydrogens is 293 g/mol. The van der Waals surface area contributed by atoms with E-state index in [0.717, 1.165) is 6.07 Å². The van der Waals surface area contributed by atoms with Crippen molar-refractivity contribution in [3.63, 3.8) is 0 Å². The fourth-order valence-corrected chi connectivity index (χ4v) is 1.68. The number of nitrogens with one attached hydrogen (secondary N) is 1. The summed E-state index contributed by atoms with van der Waals surface area (Å²) >= 11 is 3.07. The maximum absolute atomic E-state index is 12.8. The molecule has 1 amide bonds. The van der Waals surface area contributed by atoms with Crippen LogP contribution >= 0.6 is 15.9 Å². The quantitative estimate of drug-likeness (QED) is 0.779. The van der Waals surface area contributed by atoms with Crippen molar-refractivity contribution in [3.05, 3.63) is 34.1 Å². The van der Waals surface area contributed by atoms with E-state index in [2.05, 4.69) is 21.2 Å². The normalized spacial score (nSPS) is 11.4. The first-order chi connectivity index (χ1) is 7.91. The smallest absolute Gasteiger partial charge is 0.253 e. The van der Waals surface area contributed by atoms with Crippen LogP contribution < -0.4 is 5.32 Å². The Morgan fingerprint density at radius 1 is 1.47 bits per heavy atom. The van der Waals surface area contributed by atoms with Gasteiger partial charge in [-0.2, -0.15) is 0 Å². The molecule has 0 radical (unpaired) electrons. The molecule has 0 saturated carbocycles. The zero-order valence-electron chi connectivity index (χ0n) is 9.20. The Morgan fingerprint density at radius 3 is 2.53 bits per heavy atom. The van der Waals surface area contributed by atoms with Gasteiger partial charge in [0.15, 0.2) is 0 Å². The molecule has 0 saturated heterocycles. The molecule has 1 aromatic carbocycles. The Hall–Kier alpha value is -0.980. The fourth-order valence-electron chi connectivity index (χ4n) is 1.14. The summed E-state index contributed by atoms with van der Waals surface area (Å²) in [5.41, 5.74) is -0.871. The Kier molecular flexibility index (Phi) is 4.62. The van der Waals surface area contributed by atoms with Crippen LogP contribution in [0, 0.1) is 5.82 Å². The second-order valence-corrected chi connectivity index (χ2v) is 4.81. The number of hydrogen-bond donors (Lipinski definition) is 3. The van der Waals surface area contributed by atoms with E-state index in [9.17, 15) is 9.18 Å². The number of rotatable bonds is 4. The summed E-state index contributed by atoms with van der Waals surface area (Å²) in [5, 5.41) is 20.6. The molecule has 0 aliphatic carbocycles. The fraction of sp³-hybridized carbons (Fsp3) is 0.364. The van der Waals surface area contributed by atoms with E-state index in [1.54, 1.807) is 0 Å². The number of aliphatic hydroxyl groups is 2. The Morgan fingerprint density at radius 2 is 2.06 bits per heavy atom. The largest absolute Gasteiger partial charge is 0.394 e. The second kappa shape index (κ2) is 5.57. The lowest BCUT2D eigenvalue weighted by atomic mass is 10.0. The minimum absolute atomic E-state index is 0.236. The van der Waals surface area contributed by atoms with Gasteiger partial charge in [0.2, 0.25) is 0 Å². The van der Waals surface area contributed by atoms with Crippen LogP contribution in [-0.4, -0.2) is 34.9 Å².